The quantitative estimate of drug-likeness (QED) is 0.654. The molecule has 1 saturated heterocycles. The van der Waals surface area contributed by atoms with E-state index in [9.17, 15) is 18.4 Å². The number of nitrogens with one attached hydrogen (secondary N) is 2. The van der Waals surface area contributed by atoms with Crippen LogP contribution < -0.4 is 15.5 Å². The first-order valence-electron chi connectivity index (χ1n) is 10.9. The van der Waals surface area contributed by atoms with Crippen LogP contribution in [-0.2, 0) is 9.53 Å². The first kappa shape index (κ1) is 22.7. The maximum atomic E-state index is 14.1. The molecule has 33 heavy (non-hydrogen) atoms. The Morgan fingerprint density at radius 2 is 1.76 bits per heavy atom. The minimum absolute atomic E-state index is 0.182. The third-order valence-electron chi connectivity index (χ3n) is 5.80. The molecule has 0 aliphatic carbocycles. The number of carbonyl (C=O) groups is 2. The van der Waals surface area contributed by atoms with Crippen molar-refractivity contribution in [3.05, 3.63) is 77.0 Å². The van der Waals surface area contributed by atoms with Gasteiger partial charge in [-0.25, -0.2) is 18.4 Å². The van der Waals surface area contributed by atoms with E-state index in [1.54, 1.807) is 25.1 Å². The van der Waals surface area contributed by atoms with Gasteiger partial charge < -0.3 is 20.3 Å². The van der Waals surface area contributed by atoms with Gasteiger partial charge in [0, 0.05) is 38.4 Å². The van der Waals surface area contributed by atoms with Crippen molar-refractivity contribution in [1.82, 2.24) is 15.5 Å². The number of anilines is 1. The van der Waals surface area contributed by atoms with Gasteiger partial charge in [0.1, 0.15) is 11.6 Å². The number of para-hydroxylation sites is 1. The largest absolute Gasteiger partial charge is 0.463 e. The maximum Gasteiger partial charge on any atom is 0.338 e. The molecular formula is C24H26F2N4O3. The Morgan fingerprint density at radius 1 is 1.06 bits per heavy atom. The molecule has 2 aromatic rings. The van der Waals surface area contributed by atoms with E-state index >= 15 is 0 Å². The molecule has 0 radical (unpaired) electrons. The monoisotopic (exact) mass is 456 g/mol. The molecule has 1 fully saturated rings. The van der Waals surface area contributed by atoms with E-state index in [2.05, 4.69) is 15.5 Å². The third-order valence-corrected chi connectivity index (χ3v) is 5.80. The Hall–Kier alpha value is -3.46. The molecule has 4 rings (SSSR count). The van der Waals surface area contributed by atoms with Gasteiger partial charge in [0.2, 0.25) is 0 Å². The zero-order valence-electron chi connectivity index (χ0n) is 18.3. The SMILES string of the molecule is CCOC(=O)C1=C(CN2CCN(c3ccccc3F)CC2)NC(=O)NC1c1ccc(F)cc1. The van der Waals surface area contributed by atoms with Crippen molar-refractivity contribution >= 4 is 17.7 Å². The molecule has 0 spiro atoms. The van der Waals surface area contributed by atoms with Gasteiger partial charge in [0.05, 0.1) is 23.9 Å². The predicted molar refractivity (Wildman–Crippen MR) is 120 cm³/mol. The number of rotatable bonds is 6. The normalized spacial score (nSPS) is 19.2. The van der Waals surface area contributed by atoms with Crippen LogP contribution in [0.25, 0.3) is 0 Å². The zero-order valence-corrected chi connectivity index (χ0v) is 18.3. The maximum absolute atomic E-state index is 14.1. The summed E-state index contributed by atoms with van der Waals surface area (Å²) in [6.45, 7) is 4.68. The summed E-state index contributed by atoms with van der Waals surface area (Å²) in [4.78, 5) is 29.4. The molecule has 2 aliphatic rings. The second kappa shape index (κ2) is 9.99. The van der Waals surface area contributed by atoms with Crippen LogP contribution in [0, 0.1) is 11.6 Å². The van der Waals surface area contributed by atoms with E-state index < -0.39 is 23.9 Å². The van der Waals surface area contributed by atoms with Crippen LogP contribution in [0.2, 0.25) is 0 Å². The number of esters is 1. The van der Waals surface area contributed by atoms with Gasteiger partial charge in [-0.1, -0.05) is 24.3 Å². The van der Waals surface area contributed by atoms with E-state index in [1.807, 2.05) is 4.90 Å². The molecular weight excluding hydrogens is 430 g/mol. The van der Waals surface area contributed by atoms with Crippen LogP contribution in [-0.4, -0.2) is 56.2 Å². The molecule has 174 valence electrons. The van der Waals surface area contributed by atoms with Crippen molar-refractivity contribution in [2.75, 3.05) is 44.2 Å². The Labute approximate surface area is 191 Å². The van der Waals surface area contributed by atoms with E-state index in [4.69, 9.17) is 4.74 Å². The molecule has 2 amide bonds. The summed E-state index contributed by atoms with van der Waals surface area (Å²) >= 11 is 0. The van der Waals surface area contributed by atoms with E-state index in [1.165, 1.54) is 30.3 Å². The van der Waals surface area contributed by atoms with Crippen LogP contribution in [0.1, 0.15) is 18.5 Å². The van der Waals surface area contributed by atoms with Gasteiger partial charge in [0.15, 0.2) is 0 Å². The highest BCUT2D eigenvalue weighted by atomic mass is 19.1. The smallest absolute Gasteiger partial charge is 0.338 e. The van der Waals surface area contributed by atoms with Crippen molar-refractivity contribution in [3.8, 4) is 0 Å². The summed E-state index contributed by atoms with van der Waals surface area (Å²) in [5, 5.41) is 5.50. The number of hydrogen-bond acceptors (Lipinski definition) is 5. The van der Waals surface area contributed by atoms with Gasteiger partial charge in [-0.2, -0.15) is 0 Å². The molecule has 0 saturated carbocycles. The molecule has 2 aliphatic heterocycles. The van der Waals surface area contributed by atoms with E-state index in [0.717, 1.165) is 0 Å². The molecule has 0 aromatic heterocycles. The highest BCUT2D eigenvalue weighted by Crippen LogP contribution is 2.29. The van der Waals surface area contributed by atoms with Gasteiger partial charge >= 0.3 is 12.0 Å². The predicted octanol–water partition coefficient (Wildman–Crippen LogP) is 2.96. The first-order valence-corrected chi connectivity index (χ1v) is 10.9. The van der Waals surface area contributed by atoms with Crippen molar-refractivity contribution in [2.24, 2.45) is 0 Å². The molecule has 2 N–H and O–H groups in total. The van der Waals surface area contributed by atoms with Crippen LogP contribution in [0.5, 0.6) is 0 Å². The van der Waals surface area contributed by atoms with Crippen molar-refractivity contribution in [2.45, 2.75) is 13.0 Å². The number of halogens is 2. The standard InChI is InChI=1S/C24H26F2N4O3/c1-2-33-23(31)21-19(27-24(32)28-22(21)16-7-9-17(25)10-8-16)15-29-11-13-30(14-12-29)20-6-4-3-5-18(20)26/h3-10,22H,2,11-15H2,1H3,(H2,27,28,32). The summed E-state index contributed by atoms with van der Waals surface area (Å²) in [7, 11) is 0. The van der Waals surface area contributed by atoms with Gasteiger partial charge in [-0.3, -0.25) is 4.90 Å². The van der Waals surface area contributed by atoms with Crippen LogP contribution in [0.4, 0.5) is 19.3 Å². The molecule has 2 heterocycles. The number of carbonyl (C=O) groups excluding carboxylic acids is 2. The summed E-state index contributed by atoms with van der Waals surface area (Å²) in [5.41, 5.74) is 1.89. The molecule has 7 nitrogen and oxygen atoms in total. The van der Waals surface area contributed by atoms with Gasteiger partial charge in [-0.15, -0.1) is 0 Å². The molecule has 1 unspecified atom stereocenters. The third kappa shape index (κ3) is 5.14. The van der Waals surface area contributed by atoms with Crippen molar-refractivity contribution in [3.63, 3.8) is 0 Å². The molecule has 0 bridgehead atoms. The fraction of sp³-hybridized carbons (Fsp3) is 0.333. The number of piperazine rings is 1. The lowest BCUT2D eigenvalue weighted by molar-refractivity contribution is -0.139. The fourth-order valence-corrected chi connectivity index (χ4v) is 4.18. The Bertz CT molecular complexity index is 1050. The average Bonchev–Trinajstić information content (AvgIpc) is 2.80. The topological polar surface area (TPSA) is 73.9 Å². The number of urea groups is 1. The summed E-state index contributed by atoms with van der Waals surface area (Å²) in [6.07, 6.45) is 0. The van der Waals surface area contributed by atoms with E-state index in [0.29, 0.717) is 55.2 Å². The highest BCUT2D eigenvalue weighted by Gasteiger charge is 2.34. The average molecular weight is 456 g/mol. The number of amides is 2. The lowest BCUT2D eigenvalue weighted by Crippen LogP contribution is -2.52. The highest BCUT2D eigenvalue weighted by molar-refractivity contribution is 5.95. The van der Waals surface area contributed by atoms with Crippen molar-refractivity contribution < 1.29 is 23.1 Å². The van der Waals surface area contributed by atoms with Crippen LogP contribution in [0.15, 0.2) is 59.8 Å². The summed E-state index contributed by atoms with van der Waals surface area (Å²) in [5.74, 6) is -1.21. The molecule has 1 atom stereocenters. The minimum atomic E-state index is -0.756. The number of benzene rings is 2. The fourth-order valence-electron chi connectivity index (χ4n) is 4.18. The van der Waals surface area contributed by atoms with Crippen LogP contribution >= 0.6 is 0 Å². The second-order valence-corrected chi connectivity index (χ2v) is 7.91. The minimum Gasteiger partial charge on any atom is -0.463 e. The first-order chi connectivity index (χ1) is 16.0. The number of nitrogens with zero attached hydrogens (tertiary/aromatic N) is 2. The van der Waals surface area contributed by atoms with Crippen LogP contribution in [0.3, 0.4) is 0 Å². The number of ether oxygens (including phenoxy) is 1. The lowest BCUT2D eigenvalue weighted by Gasteiger charge is -2.38. The summed E-state index contributed by atoms with van der Waals surface area (Å²) in [6, 6.07) is 11.1. The van der Waals surface area contributed by atoms with Gasteiger partial charge in [0.25, 0.3) is 0 Å². The summed E-state index contributed by atoms with van der Waals surface area (Å²) < 4.78 is 32.8. The Morgan fingerprint density at radius 3 is 2.42 bits per heavy atom. The Kier molecular flexibility index (Phi) is 6.88. The van der Waals surface area contributed by atoms with E-state index in [-0.39, 0.29) is 12.4 Å². The van der Waals surface area contributed by atoms with Crippen molar-refractivity contribution in [1.29, 1.82) is 0 Å². The molecule has 2 aromatic carbocycles. The second-order valence-electron chi connectivity index (χ2n) is 7.91. The zero-order chi connectivity index (χ0) is 23.4. The lowest BCUT2D eigenvalue weighted by atomic mass is 9.95. The number of hydrogen-bond donors (Lipinski definition) is 2. The Balaban J connectivity index is 1.56. The molecule has 9 heteroatoms. The van der Waals surface area contributed by atoms with Gasteiger partial charge in [-0.05, 0) is 36.8 Å².